The highest BCUT2D eigenvalue weighted by Gasteiger charge is 2.17. The third-order valence-corrected chi connectivity index (χ3v) is 4.24. The van der Waals surface area contributed by atoms with E-state index < -0.39 is 10.5 Å². The first-order valence-electron chi connectivity index (χ1n) is 8.01. The Balaban J connectivity index is 1.86. The Kier molecular flexibility index (Phi) is 4.75. The molecule has 0 spiro atoms. The number of pyridine rings is 1. The van der Waals surface area contributed by atoms with Crippen LogP contribution in [0.25, 0.3) is 11.1 Å². The minimum atomic E-state index is -0.565. The van der Waals surface area contributed by atoms with Crippen molar-refractivity contribution in [2.24, 2.45) is 0 Å². The third kappa shape index (κ3) is 3.44. The number of carbonyl (C=O) groups excluding carboxylic acids is 1. The van der Waals surface area contributed by atoms with Gasteiger partial charge in [0.2, 0.25) is 0 Å². The lowest BCUT2D eigenvalue weighted by atomic mass is 10.0. The molecule has 2 aromatic carbocycles. The highest BCUT2D eigenvalue weighted by molar-refractivity contribution is 5.96. The van der Waals surface area contributed by atoms with Gasteiger partial charge in [-0.05, 0) is 18.1 Å². The number of nitrogens with zero attached hydrogens (tertiary/aromatic N) is 2. The molecule has 0 unspecified atom stereocenters. The van der Waals surface area contributed by atoms with Gasteiger partial charge in [0.1, 0.15) is 0 Å². The SMILES string of the molecule is Cc1c([N+](=O)[O-])ccc(=O)n1CC(=O)c1ccc(-c2ccccc2)cc1. The molecule has 0 aliphatic heterocycles. The summed E-state index contributed by atoms with van der Waals surface area (Å²) in [5, 5.41) is 11.0. The van der Waals surface area contributed by atoms with Gasteiger partial charge in [-0.25, -0.2) is 0 Å². The fraction of sp³-hybridized carbons (Fsp3) is 0.100. The van der Waals surface area contributed by atoms with E-state index in [9.17, 15) is 19.7 Å². The molecule has 6 heteroatoms. The largest absolute Gasteiger partial charge is 0.299 e. The zero-order chi connectivity index (χ0) is 18.7. The zero-order valence-corrected chi connectivity index (χ0v) is 14.1. The predicted octanol–water partition coefficient (Wildman–Crippen LogP) is 3.61. The molecule has 0 fully saturated rings. The Hall–Kier alpha value is -3.54. The van der Waals surface area contributed by atoms with Crippen LogP contribution in [0, 0.1) is 17.0 Å². The second-order valence-corrected chi connectivity index (χ2v) is 5.85. The van der Waals surface area contributed by atoms with Gasteiger partial charge in [-0.15, -0.1) is 0 Å². The first kappa shape index (κ1) is 17.3. The van der Waals surface area contributed by atoms with Gasteiger partial charge in [0.05, 0.1) is 17.2 Å². The topological polar surface area (TPSA) is 82.2 Å². The van der Waals surface area contributed by atoms with Crippen molar-refractivity contribution in [3.63, 3.8) is 0 Å². The van der Waals surface area contributed by atoms with Crippen LogP contribution in [0.2, 0.25) is 0 Å². The zero-order valence-electron chi connectivity index (χ0n) is 14.1. The molecule has 0 atom stereocenters. The molecule has 1 heterocycles. The average molecular weight is 348 g/mol. The molecule has 0 aliphatic carbocycles. The minimum absolute atomic E-state index is 0.164. The normalized spacial score (nSPS) is 10.5. The van der Waals surface area contributed by atoms with E-state index in [-0.39, 0.29) is 23.7 Å². The summed E-state index contributed by atoms with van der Waals surface area (Å²) in [6.07, 6.45) is 0. The second kappa shape index (κ2) is 7.14. The summed E-state index contributed by atoms with van der Waals surface area (Å²) >= 11 is 0. The van der Waals surface area contributed by atoms with E-state index in [2.05, 4.69) is 0 Å². The molecule has 6 nitrogen and oxygen atoms in total. The van der Waals surface area contributed by atoms with Crippen molar-refractivity contribution in [3.8, 4) is 11.1 Å². The highest BCUT2D eigenvalue weighted by atomic mass is 16.6. The van der Waals surface area contributed by atoms with Crippen molar-refractivity contribution in [1.82, 2.24) is 4.57 Å². The Morgan fingerprint density at radius 2 is 1.58 bits per heavy atom. The monoisotopic (exact) mass is 348 g/mol. The average Bonchev–Trinajstić information content (AvgIpc) is 2.65. The number of rotatable bonds is 5. The molecule has 3 rings (SSSR count). The van der Waals surface area contributed by atoms with E-state index in [1.54, 1.807) is 12.1 Å². The standard InChI is InChI=1S/C20H16N2O4/c1-14-18(22(25)26)11-12-20(24)21(14)13-19(23)17-9-7-16(8-10-17)15-5-3-2-4-6-15/h2-12H,13H2,1H3. The van der Waals surface area contributed by atoms with Gasteiger partial charge in [-0.2, -0.15) is 0 Å². The molecule has 0 radical (unpaired) electrons. The van der Waals surface area contributed by atoms with Crippen LogP contribution in [0.4, 0.5) is 5.69 Å². The van der Waals surface area contributed by atoms with E-state index in [4.69, 9.17) is 0 Å². The summed E-state index contributed by atoms with van der Waals surface area (Å²) in [6, 6.07) is 19.1. The Morgan fingerprint density at radius 1 is 0.962 bits per heavy atom. The van der Waals surface area contributed by atoms with Crippen LogP contribution in [-0.2, 0) is 6.54 Å². The fourth-order valence-electron chi connectivity index (χ4n) is 2.77. The van der Waals surface area contributed by atoms with E-state index in [0.717, 1.165) is 27.8 Å². The summed E-state index contributed by atoms with van der Waals surface area (Å²) in [7, 11) is 0. The maximum Gasteiger partial charge on any atom is 0.288 e. The second-order valence-electron chi connectivity index (χ2n) is 5.85. The van der Waals surface area contributed by atoms with E-state index in [1.165, 1.54) is 6.92 Å². The van der Waals surface area contributed by atoms with Crippen molar-refractivity contribution in [2.45, 2.75) is 13.5 Å². The van der Waals surface area contributed by atoms with Crippen molar-refractivity contribution in [3.05, 3.63) is 98.5 Å². The van der Waals surface area contributed by atoms with Crippen molar-refractivity contribution in [2.75, 3.05) is 0 Å². The fourth-order valence-corrected chi connectivity index (χ4v) is 2.77. The number of ketones is 1. The summed E-state index contributed by atoms with van der Waals surface area (Å²) in [5.74, 6) is -0.282. The van der Waals surface area contributed by atoms with Crippen LogP contribution in [-0.4, -0.2) is 15.3 Å². The molecule has 3 aromatic rings. The molecule has 0 saturated heterocycles. The Bertz CT molecular complexity index is 1020. The first-order valence-corrected chi connectivity index (χ1v) is 8.01. The van der Waals surface area contributed by atoms with Gasteiger partial charge in [-0.3, -0.25) is 24.3 Å². The summed E-state index contributed by atoms with van der Waals surface area (Å²) in [4.78, 5) is 35.0. The van der Waals surface area contributed by atoms with Gasteiger partial charge in [0.15, 0.2) is 5.78 Å². The number of nitro groups is 1. The maximum atomic E-state index is 12.5. The lowest BCUT2D eigenvalue weighted by molar-refractivity contribution is -0.386. The van der Waals surface area contributed by atoms with Crippen molar-refractivity contribution in [1.29, 1.82) is 0 Å². The van der Waals surface area contributed by atoms with Crippen molar-refractivity contribution < 1.29 is 9.72 Å². The molecule has 130 valence electrons. The number of carbonyl (C=O) groups is 1. The summed E-state index contributed by atoms with van der Waals surface area (Å²) in [5.41, 5.74) is 2.00. The predicted molar refractivity (Wildman–Crippen MR) is 98.3 cm³/mol. The molecule has 0 saturated carbocycles. The molecular formula is C20H16N2O4. The van der Waals surface area contributed by atoms with Crippen LogP contribution in [0.15, 0.2) is 71.5 Å². The quantitative estimate of drug-likeness (QED) is 0.401. The van der Waals surface area contributed by atoms with E-state index in [1.807, 2.05) is 42.5 Å². The highest BCUT2D eigenvalue weighted by Crippen LogP contribution is 2.20. The third-order valence-electron chi connectivity index (χ3n) is 4.24. The van der Waals surface area contributed by atoms with Crippen LogP contribution in [0.5, 0.6) is 0 Å². The molecule has 0 aliphatic rings. The smallest absolute Gasteiger partial charge is 0.288 e. The number of hydrogen-bond donors (Lipinski definition) is 0. The van der Waals surface area contributed by atoms with Crippen LogP contribution in [0.1, 0.15) is 16.1 Å². The Morgan fingerprint density at radius 3 is 2.19 bits per heavy atom. The van der Waals surface area contributed by atoms with Gasteiger partial charge in [-0.1, -0.05) is 54.6 Å². The van der Waals surface area contributed by atoms with Gasteiger partial charge < -0.3 is 0 Å². The van der Waals surface area contributed by atoms with Crippen LogP contribution >= 0.6 is 0 Å². The first-order chi connectivity index (χ1) is 12.5. The van der Waals surface area contributed by atoms with Crippen LogP contribution < -0.4 is 5.56 Å². The van der Waals surface area contributed by atoms with Crippen molar-refractivity contribution >= 4 is 11.5 Å². The van der Waals surface area contributed by atoms with E-state index >= 15 is 0 Å². The number of Topliss-reactive ketones (excluding diaryl/α,β-unsaturated/α-hetero) is 1. The molecule has 0 N–H and O–H groups in total. The summed E-state index contributed by atoms with van der Waals surface area (Å²) in [6.45, 7) is 1.22. The Labute approximate surface area is 149 Å². The van der Waals surface area contributed by atoms with E-state index in [0.29, 0.717) is 5.56 Å². The molecule has 26 heavy (non-hydrogen) atoms. The summed E-state index contributed by atoms with van der Waals surface area (Å²) < 4.78 is 1.13. The maximum absolute atomic E-state index is 12.5. The lowest BCUT2D eigenvalue weighted by Crippen LogP contribution is -2.26. The number of benzene rings is 2. The number of aromatic nitrogens is 1. The van der Waals surface area contributed by atoms with Gasteiger partial charge >= 0.3 is 0 Å². The lowest BCUT2D eigenvalue weighted by Gasteiger charge is -2.09. The molecular weight excluding hydrogens is 332 g/mol. The van der Waals surface area contributed by atoms with Crippen LogP contribution in [0.3, 0.4) is 0 Å². The number of hydrogen-bond acceptors (Lipinski definition) is 4. The molecule has 1 aromatic heterocycles. The molecule has 0 bridgehead atoms. The minimum Gasteiger partial charge on any atom is -0.299 e. The van der Waals surface area contributed by atoms with Gasteiger partial charge in [0.25, 0.3) is 11.2 Å². The van der Waals surface area contributed by atoms with Gasteiger partial charge in [0, 0.05) is 17.7 Å². The molecule has 0 amide bonds.